The molecule has 0 radical (unpaired) electrons. The summed E-state index contributed by atoms with van der Waals surface area (Å²) in [6.45, 7) is -0.0361. The highest BCUT2D eigenvalue weighted by atomic mass is 32.2. The van der Waals surface area contributed by atoms with E-state index >= 15 is 0 Å². The third-order valence-electron chi connectivity index (χ3n) is 2.96. The Balaban J connectivity index is 2.27. The van der Waals surface area contributed by atoms with Gasteiger partial charge in [-0.05, 0) is 36.4 Å². The first-order valence-corrected chi connectivity index (χ1v) is 8.67. The predicted octanol–water partition coefficient (Wildman–Crippen LogP) is 2.56. The van der Waals surface area contributed by atoms with Crippen molar-refractivity contribution in [3.8, 4) is 17.2 Å². The van der Waals surface area contributed by atoms with E-state index in [0.717, 1.165) is 6.26 Å². The Bertz CT molecular complexity index is 826. The fourth-order valence-corrected chi connectivity index (χ4v) is 2.49. The van der Waals surface area contributed by atoms with Crippen molar-refractivity contribution in [2.45, 2.75) is 4.90 Å². The number of ether oxygens (including phenoxy) is 3. The number of aromatic carboxylic acids is 1. The maximum absolute atomic E-state index is 11.4. The highest BCUT2D eigenvalue weighted by Gasteiger charge is 2.11. The van der Waals surface area contributed by atoms with E-state index in [2.05, 4.69) is 0 Å². The summed E-state index contributed by atoms with van der Waals surface area (Å²) < 4.78 is 38.5. The van der Waals surface area contributed by atoms with Crippen LogP contribution in [0.25, 0.3) is 0 Å². The Morgan fingerprint density at radius 2 is 1.67 bits per heavy atom. The number of carbonyl (C=O) groups is 1. The molecule has 8 heteroatoms. The average Bonchev–Trinajstić information content (AvgIpc) is 2.52. The Hall–Kier alpha value is -2.58. The second-order valence-electron chi connectivity index (χ2n) is 4.89. The summed E-state index contributed by atoms with van der Waals surface area (Å²) in [5.74, 6) is -0.245. The zero-order valence-electron chi connectivity index (χ0n) is 13.1. The van der Waals surface area contributed by atoms with Crippen LogP contribution in [0.1, 0.15) is 10.4 Å². The highest BCUT2D eigenvalue weighted by Crippen LogP contribution is 2.28. The van der Waals surface area contributed by atoms with E-state index in [1.165, 1.54) is 49.6 Å². The number of methoxy groups -OCH3 is 1. The number of sulfone groups is 1. The van der Waals surface area contributed by atoms with E-state index in [-0.39, 0.29) is 28.8 Å². The van der Waals surface area contributed by atoms with Crippen molar-refractivity contribution < 1.29 is 32.5 Å². The lowest BCUT2D eigenvalue weighted by atomic mass is 10.2. The molecule has 0 fully saturated rings. The molecule has 1 N–H and O–H groups in total. The van der Waals surface area contributed by atoms with Gasteiger partial charge in [0.2, 0.25) is 0 Å². The maximum Gasteiger partial charge on any atom is 0.335 e. The molecule has 0 aliphatic heterocycles. The zero-order valence-corrected chi connectivity index (χ0v) is 13.9. The second-order valence-corrected chi connectivity index (χ2v) is 6.91. The van der Waals surface area contributed by atoms with Crippen LogP contribution in [0.15, 0.2) is 47.4 Å². The van der Waals surface area contributed by atoms with Crippen molar-refractivity contribution in [2.75, 3.05) is 20.2 Å². The minimum Gasteiger partial charge on any atom is -0.478 e. The van der Waals surface area contributed by atoms with Gasteiger partial charge in [0, 0.05) is 19.4 Å². The molecule has 0 saturated heterocycles. The Morgan fingerprint density at radius 1 is 1.04 bits per heavy atom. The van der Waals surface area contributed by atoms with E-state index < -0.39 is 15.8 Å². The number of carboxylic acids is 1. The first-order chi connectivity index (χ1) is 11.3. The van der Waals surface area contributed by atoms with E-state index in [1.54, 1.807) is 0 Å². The van der Waals surface area contributed by atoms with Gasteiger partial charge in [0.1, 0.15) is 17.2 Å². The fraction of sp³-hybridized carbons (Fsp3) is 0.188. The van der Waals surface area contributed by atoms with Gasteiger partial charge in [0.15, 0.2) is 16.6 Å². The molecular weight excluding hydrogens is 336 g/mol. The molecular formula is C16H16O7S. The fourth-order valence-electron chi connectivity index (χ4n) is 1.86. The Morgan fingerprint density at radius 3 is 2.21 bits per heavy atom. The third kappa shape index (κ3) is 4.71. The Kier molecular flexibility index (Phi) is 5.42. The molecule has 0 amide bonds. The van der Waals surface area contributed by atoms with E-state index in [0.29, 0.717) is 5.75 Å². The molecule has 7 nitrogen and oxygen atoms in total. The number of carboxylic acid groups (broad SMARTS) is 1. The monoisotopic (exact) mass is 352 g/mol. The van der Waals surface area contributed by atoms with Crippen molar-refractivity contribution in [2.24, 2.45) is 0 Å². The largest absolute Gasteiger partial charge is 0.478 e. The van der Waals surface area contributed by atoms with Crippen LogP contribution in [0.3, 0.4) is 0 Å². The van der Waals surface area contributed by atoms with Crippen molar-refractivity contribution in [3.05, 3.63) is 48.0 Å². The van der Waals surface area contributed by atoms with Gasteiger partial charge in [-0.25, -0.2) is 13.2 Å². The first-order valence-electron chi connectivity index (χ1n) is 6.77. The molecule has 0 aromatic heterocycles. The van der Waals surface area contributed by atoms with Gasteiger partial charge < -0.3 is 19.3 Å². The average molecular weight is 352 g/mol. The van der Waals surface area contributed by atoms with E-state index in [9.17, 15) is 13.2 Å². The van der Waals surface area contributed by atoms with Crippen LogP contribution in [-0.2, 0) is 14.6 Å². The molecule has 0 aliphatic rings. The lowest BCUT2D eigenvalue weighted by Gasteiger charge is -2.10. The van der Waals surface area contributed by atoms with Gasteiger partial charge in [-0.2, -0.15) is 0 Å². The summed E-state index contributed by atoms with van der Waals surface area (Å²) in [4.78, 5) is 11.3. The van der Waals surface area contributed by atoms with E-state index in [1.807, 2.05) is 0 Å². The van der Waals surface area contributed by atoms with Crippen LogP contribution < -0.4 is 9.47 Å². The smallest absolute Gasteiger partial charge is 0.335 e. The zero-order chi connectivity index (χ0) is 17.7. The number of rotatable bonds is 7. The summed E-state index contributed by atoms with van der Waals surface area (Å²) in [5.41, 5.74) is -0.00800. The van der Waals surface area contributed by atoms with Gasteiger partial charge in [-0.15, -0.1) is 0 Å². The first kappa shape index (κ1) is 17.8. The number of hydrogen-bond acceptors (Lipinski definition) is 6. The molecule has 0 heterocycles. The van der Waals surface area contributed by atoms with Crippen molar-refractivity contribution >= 4 is 15.8 Å². The molecule has 0 spiro atoms. The normalized spacial score (nSPS) is 11.1. The SMILES string of the molecule is COCOc1cc(Oc2ccc(S(C)(=O)=O)cc2)cc(C(=O)O)c1. The molecule has 24 heavy (non-hydrogen) atoms. The second kappa shape index (κ2) is 7.33. The molecule has 2 aromatic rings. The molecule has 0 unspecified atom stereocenters. The van der Waals surface area contributed by atoms with Crippen molar-refractivity contribution in [1.29, 1.82) is 0 Å². The van der Waals surface area contributed by atoms with Gasteiger partial charge >= 0.3 is 5.97 Å². The maximum atomic E-state index is 11.4. The summed E-state index contributed by atoms with van der Waals surface area (Å²) in [6.07, 6.45) is 1.11. The quantitative estimate of drug-likeness (QED) is 0.765. The third-order valence-corrected chi connectivity index (χ3v) is 4.09. The molecule has 2 rings (SSSR count). The number of benzene rings is 2. The summed E-state index contributed by atoms with van der Waals surface area (Å²) >= 11 is 0. The summed E-state index contributed by atoms with van der Waals surface area (Å²) in [6, 6.07) is 9.99. The van der Waals surface area contributed by atoms with Crippen LogP contribution in [0.5, 0.6) is 17.2 Å². The van der Waals surface area contributed by atoms with Crippen LogP contribution in [0.4, 0.5) is 0 Å². The van der Waals surface area contributed by atoms with Crippen LogP contribution in [-0.4, -0.2) is 39.7 Å². The van der Waals surface area contributed by atoms with Gasteiger partial charge in [-0.3, -0.25) is 0 Å². The van der Waals surface area contributed by atoms with Gasteiger partial charge in [0.25, 0.3) is 0 Å². The molecule has 0 bridgehead atoms. The number of hydrogen-bond donors (Lipinski definition) is 1. The molecule has 0 aliphatic carbocycles. The van der Waals surface area contributed by atoms with Crippen molar-refractivity contribution in [3.63, 3.8) is 0 Å². The molecule has 2 aromatic carbocycles. The minimum absolute atomic E-state index is 0.00800. The Labute approximate surface area is 139 Å². The van der Waals surface area contributed by atoms with Crippen LogP contribution in [0.2, 0.25) is 0 Å². The van der Waals surface area contributed by atoms with Crippen molar-refractivity contribution in [1.82, 2.24) is 0 Å². The predicted molar refractivity (Wildman–Crippen MR) is 85.5 cm³/mol. The molecule has 128 valence electrons. The molecule has 0 saturated carbocycles. The van der Waals surface area contributed by atoms with Crippen LogP contribution >= 0.6 is 0 Å². The minimum atomic E-state index is -3.29. The summed E-state index contributed by atoms with van der Waals surface area (Å²) in [7, 11) is -1.85. The standard InChI is InChI=1S/C16H16O7S/c1-21-10-22-13-7-11(16(17)18)8-14(9-13)23-12-3-5-15(6-4-12)24(2,19)20/h3-9H,10H2,1-2H3,(H,17,18). The highest BCUT2D eigenvalue weighted by molar-refractivity contribution is 7.90. The van der Waals surface area contributed by atoms with Crippen LogP contribution in [0, 0.1) is 0 Å². The lowest BCUT2D eigenvalue weighted by molar-refractivity contribution is 0.0506. The van der Waals surface area contributed by atoms with Gasteiger partial charge in [0.05, 0.1) is 10.5 Å². The van der Waals surface area contributed by atoms with Gasteiger partial charge in [-0.1, -0.05) is 0 Å². The summed E-state index contributed by atoms with van der Waals surface area (Å²) in [5, 5.41) is 9.14. The van der Waals surface area contributed by atoms with E-state index in [4.69, 9.17) is 19.3 Å². The topological polar surface area (TPSA) is 99.1 Å². The lowest BCUT2D eigenvalue weighted by Crippen LogP contribution is -2.02. The molecule has 0 atom stereocenters.